The average Bonchev–Trinajstić information content (AvgIpc) is 3.00. The molecule has 0 amide bonds. The molecule has 0 aromatic heterocycles. The van der Waals surface area contributed by atoms with Gasteiger partial charge in [0.05, 0.1) is 5.41 Å². The SMILES string of the molecule is CC1(C(=O)O[Si](C)(C)C2CCCCC2)CC2C=CC1C2. The normalized spacial score (nSPS) is 37.4. The lowest BCUT2D eigenvalue weighted by molar-refractivity contribution is -0.147. The van der Waals surface area contributed by atoms with Gasteiger partial charge in [0.15, 0.2) is 0 Å². The van der Waals surface area contributed by atoms with Gasteiger partial charge in [-0.1, -0.05) is 31.4 Å². The van der Waals surface area contributed by atoms with Gasteiger partial charge in [-0.15, -0.1) is 0 Å². The van der Waals surface area contributed by atoms with E-state index in [0.29, 0.717) is 17.4 Å². The van der Waals surface area contributed by atoms with Crippen LogP contribution in [0.4, 0.5) is 0 Å². The van der Waals surface area contributed by atoms with Gasteiger partial charge in [-0.3, -0.25) is 4.79 Å². The van der Waals surface area contributed by atoms with Crippen molar-refractivity contribution in [3.05, 3.63) is 12.2 Å². The van der Waals surface area contributed by atoms with E-state index in [1.54, 1.807) is 0 Å². The van der Waals surface area contributed by atoms with Crippen LogP contribution in [0.1, 0.15) is 51.9 Å². The lowest BCUT2D eigenvalue weighted by atomic mass is 9.78. The second-order valence-corrected chi connectivity index (χ2v) is 12.2. The van der Waals surface area contributed by atoms with Crippen LogP contribution in [-0.4, -0.2) is 14.3 Å². The molecule has 3 heteroatoms. The molecule has 2 nitrogen and oxygen atoms in total. The van der Waals surface area contributed by atoms with Crippen molar-refractivity contribution in [3.8, 4) is 0 Å². The number of hydrogen-bond acceptors (Lipinski definition) is 2. The Morgan fingerprint density at radius 3 is 2.45 bits per heavy atom. The van der Waals surface area contributed by atoms with E-state index in [4.69, 9.17) is 4.43 Å². The Bertz CT molecular complexity index is 423. The fourth-order valence-corrected chi connectivity index (χ4v) is 7.24. The first-order chi connectivity index (χ1) is 9.42. The highest BCUT2D eigenvalue weighted by Gasteiger charge is 2.52. The zero-order valence-electron chi connectivity index (χ0n) is 13.2. The molecular weight excluding hydrogens is 264 g/mol. The minimum absolute atomic E-state index is 0.108. The first kappa shape index (κ1) is 14.4. The molecule has 20 heavy (non-hydrogen) atoms. The molecule has 0 aromatic carbocycles. The summed E-state index contributed by atoms with van der Waals surface area (Å²) >= 11 is 0. The fourth-order valence-electron chi connectivity index (χ4n) is 4.57. The Kier molecular flexibility index (Phi) is 3.60. The first-order valence-electron chi connectivity index (χ1n) is 8.33. The summed E-state index contributed by atoms with van der Waals surface area (Å²) in [5.74, 6) is 1.16. The lowest BCUT2D eigenvalue weighted by Crippen LogP contribution is -2.45. The number of hydrogen-bond donors (Lipinski definition) is 0. The van der Waals surface area contributed by atoms with Crippen molar-refractivity contribution < 1.29 is 9.22 Å². The Morgan fingerprint density at radius 1 is 1.20 bits per heavy atom. The third kappa shape index (κ3) is 2.38. The Morgan fingerprint density at radius 2 is 1.90 bits per heavy atom. The van der Waals surface area contributed by atoms with Crippen molar-refractivity contribution in [1.82, 2.24) is 0 Å². The second-order valence-electron chi connectivity index (χ2n) is 7.94. The molecule has 0 aliphatic heterocycles. The Labute approximate surface area is 124 Å². The maximum atomic E-state index is 12.8. The largest absolute Gasteiger partial charge is 0.519 e. The average molecular weight is 292 g/mol. The summed E-state index contributed by atoms with van der Waals surface area (Å²) in [6, 6.07) is 0. The highest BCUT2D eigenvalue weighted by molar-refractivity contribution is 6.74. The van der Waals surface area contributed by atoms with E-state index in [1.807, 2.05) is 0 Å². The van der Waals surface area contributed by atoms with E-state index in [-0.39, 0.29) is 11.4 Å². The van der Waals surface area contributed by atoms with Gasteiger partial charge < -0.3 is 4.43 Å². The summed E-state index contributed by atoms with van der Waals surface area (Å²) < 4.78 is 6.18. The molecule has 2 fully saturated rings. The number of rotatable bonds is 3. The van der Waals surface area contributed by atoms with Crippen molar-refractivity contribution in [2.45, 2.75) is 70.5 Å². The van der Waals surface area contributed by atoms with Crippen molar-refractivity contribution >= 4 is 14.3 Å². The number of carbonyl (C=O) groups excluding carboxylic acids is 1. The summed E-state index contributed by atoms with van der Waals surface area (Å²) in [5, 5.41) is 0. The third-order valence-electron chi connectivity index (χ3n) is 6.09. The van der Waals surface area contributed by atoms with Gasteiger partial charge in [0.1, 0.15) is 0 Å². The van der Waals surface area contributed by atoms with E-state index in [9.17, 15) is 4.79 Å². The smallest absolute Gasteiger partial charge is 0.299 e. The topological polar surface area (TPSA) is 26.3 Å². The van der Waals surface area contributed by atoms with Gasteiger partial charge in [-0.05, 0) is 63.1 Å². The fraction of sp³-hybridized carbons (Fsp3) is 0.824. The van der Waals surface area contributed by atoms with Crippen LogP contribution in [0.25, 0.3) is 0 Å². The second kappa shape index (κ2) is 5.01. The summed E-state index contributed by atoms with van der Waals surface area (Å²) in [6.45, 7) is 6.65. The van der Waals surface area contributed by atoms with Crippen LogP contribution in [0.5, 0.6) is 0 Å². The molecule has 0 aromatic rings. The van der Waals surface area contributed by atoms with Crippen LogP contribution in [0.15, 0.2) is 12.2 Å². The standard InChI is InChI=1S/C17H28O2Si/c1-17(12-13-9-10-14(17)11-13)16(18)19-20(2,3)15-7-5-4-6-8-15/h9-10,13-15H,4-8,11-12H2,1-3H3. The van der Waals surface area contributed by atoms with Crippen LogP contribution in [-0.2, 0) is 9.22 Å². The number of fused-ring (bicyclic) bond motifs is 2. The predicted octanol–water partition coefficient (Wildman–Crippen LogP) is 4.67. The molecule has 2 bridgehead atoms. The van der Waals surface area contributed by atoms with E-state index in [1.165, 1.54) is 32.1 Å². The molecule has 3 rings (SSSR count). The summed E-state index contributed by atoms with van der Waals surface area (Å²) in [4.78, 5) is 12.8. The van der Waals surface area contributed by atoms with Gasteiger partial charge >= 0.3 is 0 Å². The van der Waals surface area contributed by atoms with Crippen molar-refractivity contribution in [1.29, 1.82) is 0 Å². The van der Waals surface area contributed by atoms with Gasteiger partial charge in [0.2, 0.25) is 0 Å². The van der Waals surface area contributed by atoms with E-state index >= 15 is 0 Å². The lowest BCUT2D eigenvalue weighted by Gasteiger charge is -2.38. The van der Waals surface area contributed by atoms with Crippen LogP contribution in [0.2, 0.25) is 18.6 Å². The molecule has 0 saturated heterocycles. The maximum absolute atomic E-state index is 12.8. The van der Waals surface area contributed by atoms with Crippen molar-refractivity contribution in [2.24, 2.45) is 17.3 Å². The molecule has 3 aliphatic carbocycles. The Balaban J connectivity index is 1.67. The van der Waals surface area contributed by atoms with Crippen LogP contribution >= 0.6 is 0 Å². The zero-order chi connectivity index (χ0) is 14.4. The van der Waals surface area contributed by atoms with E-state index in [2.05, 4.69) is 32.2 Å². The summed E-state index contributed by atoms with van der Waals surface area (Å²) in [5.41, 5.74) is 0.441. The molecule has 2 saturated carbocycles. The number of allylic oxidation sites excluding steroid dienone is 2. The molecule has 112 valence electrons. The van der Waals surface area contributed by atoms with Crippen molar-refractivity contribution in [3.63, 3.8) is 0 Å². The molecule has 0 N–H and O–H groups in total. The minimum Gasteiger partial charge on any atom is -0.519 e. The number of carbonyl (C=O) groups is 1. The Hall–Kier alpha value is -0.573. The van der Waals surface area contributed by atoms with Gasteiger partial charge in [0.25, 0.3) is 14.3 Å². The molecule has 3 aliphatic rings. The molecule has 0 radical (unpaired) electrons. The zero-order valence-corrected chi connectivity index (χ0v) is 14.2. The maximum Gasteiger partial charge on any atom is 0.299 e. The minimum atomic E-state index is -1.88. The van der Waals surface area contributed by atoms with Gasteiger partial charge in [0, 0.05) is 0 Å². The quantitative estimate of drug-likeness (QED) is 0.558. The van der Waals surface area contributed by atoms with Crippen molar-refractivity contribution in [2.75, 3.05) is 0 Å². The third-order valence-corrected chi connectivity index (χ3v) is 9.34. The first-order valence-corrected chi connectivity index (χ1v) is 11.3. The molecule has 3 atom stereocenters. The highest BCUT2D eigenvalue weighted by atomic mass is 28.4. The monoisotopic (exact) mass is 292 g/mol. The van der Waals surface area contributed by atoms with Crippen LogP contribution in [0.3, 0.4) is 0 Å². The predicted molar refractivity (Wildman–Crippen MR) is 83.9 cm³/mol. The highest BCUT2D eigenvalue weighted by Crippen LogP contribution is 2.53. The molecular formula is C17H28O2Si. The summed E-state index contributed by atoms with van der Waals surface area (Å²) in [7, 11) is -1.88. The van der Waals surface area contributed by atoms with Crippen LogP contribution < -0.4 is 0 Å². The van der Waals surface area contributed by atoms with Gasteiger partial charge in [-0.25, -0.2) is 0 Å². The molecule has 3 unspecified atom stereocenters. The van der Waals surface area contributed by atoms with Crippen LogP contribution in [0, 0.1) is 17.3 Å². The molecule has 0 heterocycles. The van der Waals surface area contributed by atoms with Gasteiger partial charge in [-0.2, -0.15) is 0 Å². The summed E-state index contributed by atoms with van der Waals surface area (Å²) in [6.07, 6.45) is 13.3. The van der Waals surface area contributed by atoms with E-state index in [0.717, 1.165) is 12.8 Å². The van der Waals surface area contributed by atoms with E-state index < -0.39 is 8.32 Å². The molecule has 0 spiro atoms.